The number of hydrogen-bond donors (Lipinski definition) is 1. The van der Waals surface area contributed by atoms with E-state index in [2.05, 4.69) is 0 Å². The normalized spacial score (nSPS) is 15.0. The lowest BCUT2D eigenvalue weighted by Crippen LogP contribution is -2.27. The SMILES string of the molecule is COc1ccc(CC(C)N(O)C=C2C=CC(=O)C=C2)cc1. The highest BCUT2D eigenvalue weighted by Gasteiger charge is 2.10. The molecule has 0 radical (unpaired) electrons. The van der Waals surface area contributed by atoms with Crippen LogP contribution in [-0.4, -0.2) is 29.2 Å². The fraction of sp³-hybridized carbons (Fsp3) is 0.235. The third-order valence-electron chi connectivity index (χ3n) is 3.30. The molecule has 1 atom stereocenters. The van der Waals surface area contributed by atoms with Crippen molar-refractivity contribution < 1.29 is 14.7 Å². The van der Waals surface area contributed by atoms with Crippen LogP contribution in [0.2, 0.25) is 0 Å². The van der Waals surface area contributed by atoms with Gasteiger partial charge in [0.15, 0.2) is 5.78 Å². The molecule has 1 aromatic carbocycles. The lowest BCUT2D eigenvalue weighted by molar-refractivity contribution is -0.110. The largest absolute Gasteiger partial charge is 0.497 e. The van der Waals surface area contributed by atoms with E-state index in [1.165, 1.54) is 17.2 Å². The fourth-order valence-electron chi connectivity index (χ4n) is 2.03. The molecule has 0 amide bonds. The van der Waals surface area contributed by atoms with Crippen LogP contribution in [0.3, 0.4) is 0 Å². The summed E-state index contributed by atoms with van der Waals surface area (Å²) in [5.41, 5.74) is 1.91. The van der Waals surface area contributed by atoms with Gasteiger partial charge < -0.3 is 4.74 Å². The van der Waals surface area contributed by atoms with Crippen LogP contribution in [0.1, 0.15) is 12.5 Å². The van der Waals surface area contributed by atoms with Crippen LogP contribution in [0.25, 0.3) is 0 Å². The van der Waals surface area contributed by atoms with E-state index in [0.29, 0.717) is 6.42 Å². The molecule has 1 aliphatic rings. The van der Waals surface area contributed by atoms with Crippen molar-refractivity contribution in [3.05, 3.63) is 65.9 Å². The molecule has 1 unspecified atom stereocenters. The lowest BCUT2D eigenvalue weighted by atomic mass is 10.1. The molecule has 0 heterocycles. The predicted molar refractivity (Wildman–Crippen MR) is 81.2 cm³/mol. The maximum Gasteiger partial charge on any atom is 0.178 e. The number of hydrogen-bond acceptors (Lipinski definition) is 4. The first-order chi connectivity index (χ1) is 10.1. The van der Waals surface area contributed by atoms with Crippen LogP contribution >= 0.6 is 0 Å². The van der Waals surface area contributed by atoms with Crippen molar-refractivity contribution in [2.24, 2.45) is 0 Å². The van der Waals surface area contributed by atoms with Gasteiger partial charge in [0.25, 0.3) is 0 Å². The third kappa shape index (κ3) is 4.33. The quantitative estimate of drug-likeness (QED) is 0.845. The molecule has 0 spiro atoms. The van der Waals surface area contributed by atoms with Crippen LogP contribution in [0.15, 0.2) is 60.3 Å². The van der Waals surface area contributed by atoms with Crippen LogP contribution in [-0.2, 0) is 11.2 Å². The zero-order chi connectivity index (χ0) is 15.2. The highest BCUT2D eigenvalue weighted by atomic mass is 16.5. The van der Waals surface area contributed by atoms with Crippen molar-refractivity contribution in [2.45, 2.75) is 19.4 Å². The number of allylic oxidation sites excluding steroid dienone is 5. The lowest BCUT2D eigenvalue weighted by Gasteiger charge is -2.22. The predicted octanol–water partition coefficient (Wildman–Crippen LogP) is 2.90. The summed E-state index contributed by atoms with van der Waals surface area (Å²) in [4.78, 5) is 11.0. The summed E-state index contributed by atoms with van der Waals surface area (Å²) in [5.74, 6) is 0.777. The molecule has 110 valence electrons. The summed E-state index contributed by atoms with van der Waals surface area (Å²) in [6.45, 7) is 1.93. The summed E-state index contributed by atoms with van der Waals surface area (Å²) in [5, 5.41) is 11.2. The molecule has 0 saturated carbocycles. The van der Waals surface area contributed by atoms with Crippen molar-refractivity contribution in [2.75, 3.05) is 7.11 Å². The maximum atomic E-state index is 11.0. The van der Waals surface area contributed by atoms with Crippen LogP contribution < -0.4 is 4.74 Å². The smallest absolute Gasteiger partial charge is 0.178 e. The molecule has 21 heavy (non-hydrogen) atoms. The van der Waals surface area contributed by atoms with Crippen LogP contribution in [0.4, 0.5) is 0 Å². The Bertz CT molecular complexity index is 567. The van der Waals surface area contributed by atoms with Crippen LogP contribution in [0.5, 0.6) is 5.75 Å². The number of benzene rings is 1. The van der Waals surface area contributed by atoms with E-state index in [0.717, 1.165) is 16.9 Å². The third-order valence-corrected chi connectivity index (χ3v) is 3.30. The molecule has 1 aromatic rings. The van der Waals surface area contributed by atoms with E-state index in [9.17, 15) is 10.0 Å². The van der Waals surface area contributed by atoms with Gasteiger partial charge in [0, 0.05) is 6.20 Å². The average molecular weight is 285 g/mol. The van der Waals surface area contributed by atoms with E-state index >= 15 is 0 Å². The fourth-order valence-corrected chi connectivity index (χ4v) is 2.03. The van der Waals surface area contributed by atoms with Gasteiger partial charge in [-0.25, -0.2) is 0 Å². The van der Waals surface area contributed by atoms with E-state index in [1.807, 2.05) is 31.2 Å². The Balaban J connectivity index is 1.97. The summed E-state index contributed by atoms with van der Waals surface area (Å²) in [7, 11) is 1.63. The van der Waals surface area contributed by atoms with Gasteiger partial charge in [-0.3, -0.25) is 15.1 Å². The number of carbonyl (C=O) groups is 1. The number of nitrogens with zero attached hydrogens (tertiary/aromatic N) is 1. The Morgan fingerprint density at radius 1 is 1.19 bits per heavy atom. The molecule has 4 nitrogen and oxygen atoms in total. The molecule has 0 bridgehead atoms. The van der Waals surface area contributed by atoms with Gasteiger partial charge in [0.1, 0.15) is 5.75 Å². The van der Waals surface area contributed by atoms with Crippen molar-refractivity contribution in [3.63, 3.8) is 0 Å². The second kappa shape index (κ2) is 6.90. The molecular weight excluding hydrogens is 266 g/mol. The molecule has 2 rings (SSSR count). The van der Waals surface area contributed by atoms with E-state index in [-0.39, 0.29) is 11.8 Å². The van der Waals surface area contributed by atoms with Gasteiger partial charge in [-0.05, 0) is 60.9 Å². The molecule has 0 aliphatic heterocycles. The number of carbonyl (C=O) groups excluding carboxylic acids is 1. The molecule has 1 N–H and O–H groups in total. The Kier molecular flexibility index (Phi) is 4.95. The van der Waals surface area contributed by atoms with Gasteiger partial charge in [-0.15, -0.1) is 0 Å². The van der Waals surface area contributed by atoms with Gasteiger partial charge in [-0.1, -0.05) is 12.1 Å². The zero-order valence-corrected chi connectivity index (χ0v) is 12.2. The van der Waals surface area contributed by atoms with Crippen molar-refractivity contribution in [3.8, 4) is 5.75 Å². The van der Waals surface area contributed by atoms with Crippen LogP contribution in [0, 0.1) is 0 Å². The molecular formula is C17H19NO3. The first-order valence-electron chi connectivity index (χ1n) is 6.80. The minimum absolute atomic E-state index is 0.0390. The van der Waals surface area contributed by atoms with Crippen molar-refractivity contribution in [1.29, 1.82) is 0 Å². The number of methoxy groups -OCH3 is 1. The summed E-state index contributed by atoms with van der Waals surface area (Å²) in [6, 6.07) is 7.69. The molecule has 1 aliphatic carbocycles. The Labute approximate surface area is 124 Å². The Morgan fingerprint density at radius 2 is 1.81 bits per heavy atom. The number of ether oxygens (including phenoxy) is 1. The first kappa shape index (κ1) is 15.1. The summed E-state index contributed by atoms with van der Waals surface area (Å²) in [6.07, 6.45) is 8.66. The zero-order valence-electron chi connectivity index (χ0n) is 12.2. The summed E-state index contributed by atoms with van der Waals surface area (Å²) < 4.78 is 5.12. The molecule has 0 aromatic heterocycles. The van der Waals surface area contributed by atoms with Gasteiger partial charge >= 0.3 is 0 Å². The van der Waals surface area contributed by atoms with Crippen molar-refractivity contribution in [1.82, 2.24) is 5.06 Å². The average Bonchev–Trinajstić information content (AvgIpc) is 2.50. The molecule has 0 fully saturated rings. The molecule has 4 heteroatoms. The maximum absolute atomic E-state index is 11.0. The Morgan fingerprint density at radius 3 is 2.38 bits per heavy atom. The number of hydroxylamine groups is 2. The number of ketones is 1. The first-order valence-corrected chi connectivity index (χ1v) is 6.80. The number of rotatable bonds is 5. The standard InChI is InChI=1S/C17H19NO3/c1-13(11-14-5-9-17(21-2)10-6-14)18(20)12-15-3-7-16(19)8-4-15/h3-10,12-13,20H,11H2,1-2H3. The second-order valence-corrected chi connectivity index (χ2v) is 4.98. The van der Waals surface area contributed by atoms with E-state index < -0.39 is 0 Å². The monoisotopic (exact) mass is 285 g/mol. The minimum atomic E-state index is -0.0784. The molecule has 0 saturated heterocycles. The van der Waals surface area contributed by atoms with Gasteiger partial charge in [-0.2, -0.15) is 0 Å². The summed E-state index contributed by atoms with van der Waals surface area (Å²) >= 11 is 0. The van der Waals surface area contributed by atoms with E-state index in [1.54, 1.807) is 25.5 Å². The highest BCUT2D eigenvalue weighted by molar-refractivity contribution is 6.01. The van der Waals surface area contributed by atoms with Crippen molar-refractivity contribution >= 4 is 5.78 Å². The van der Waals surface area contributed by atoms with E-state index in [4.69, 9.17) is 4.74 Å². The van der Waals surface area contributed by atoms with Gasteiger partial charge in [0.05, 0.1) is 13.2 Å². The highest BCUT2D eigenvalue weighted by Crippen LogP contribution is 2.15. The topological polar surface area (TPSA) is 49.8 Å². The minimum Gasteiger partial charge on any atom is -0.497 e. The van der Waals surface area contributed by atoms with Gasteiger partial charge in [0.2, 0.25) is 0 Å². The Hall–Kier alpha value is -2.33. The second-order valence-electron chi connectivity index (χ2n) is 4.98.